The Morgan fingerprint density at radius 2 is 1.84 bits per heavy atom. The zero-order chi connectivity index (χ0) is 18.1. The summed E-state index contributed by atoms with van der Waals surface area (Å²) in [5.41, 5.74) is 0.459. The van der Waals surface area contributed by atoms with Crippen LogP contribution in [-0.4, -0.2) is 51.9 Å². The predicted octanol–water partition coefficient (Wildman–Crippen LogP) is 1.76. The first-order valence-corrected chi connectivity index (χ1v) is 10.2. The minimum atomic E-state index is -3.56. The largest absolute Gasteiger partial charge is 0.352 e. The second-order valence-corrected chi connectivity index (χ2v) is 7.94. The second kappa shape index (κ2) is 9.70. The molecule has 0 spiro atoms. The summed E-state index contributed by atoms with van der Waals surface area (Å²) in [5, 5.41) is 2.89. The van der Waals surface area contributed by atoms with Gasteiger partial charge in [-0.2, -0.15) is 0 Å². The lowest BCUT2D eigenvalue weighted by Crippen LogP contribution is -2.33. The number of sulfonamides is 1. The molecule has 1 fully saturated rings. The summed E-state index contributed by atoms with van der Waals surface area (Å²) in [4.78, 5) is 14.7. The minimum absolute atomic E-state index is 0.135. The van der Waals surface area contributed by atoms with Crippen LogP contribution < -0.4 is 10.0 Å². The average Bonchev–Trinajstić information content (AvgIpc) is 2.64. The topological polar surface area (TPSA) is 78.5 Å². The van der Waals surface area contributed by atoms with Crippen molar-refractivity contribution in [3.05, 3.63) is 42.5 Å². The van der Waals surface area contributed by atoms with E-state index in [4.69, 9.17) is 0 Å². The highest BCUT2D eigenvalue weighted by molar-refractivity contribution is 7.89. The highest BCUT2D eigenvalue weighted by Crippen LogP contribution is 2.11. The third-order valence-electron chi connectivity index (χ3n) is 4.23. The molecule has 1 aliphatic rings. The maximum atomic E-state index is 12.1. The van der Waals surface area contributed by atoms with Crippen LogP contribution in [0.25, 0.3) is 0 Å². The summed E-state index contributed by atoms with van der Waals surface area (Å²) in [6.45, 7) is 7.59. The number of hydrogen-bond acceptors (Lipinski definition) is 4. The van der Waals surface area contributed by atoms with Crippen LogP contribution in [0.4, 0.5) is 0 Å². The van der Waals surface area contributed by atoms with Gasteiger partial charge in [-0.1, -0.05) is 12.5 Å². The van der Waals surface area contributed by atoms with E-state index in [-0.39, 0.29) is 17.3 Å². The zero-order valence-electron chi connectivity index (χ0n) is 14.5. The smallest absolute Gasteiger partial charge is 0.251 e. The molecule has 1 aromatic rings. The van der Waals surface area contributed by atoms with Crippen LogP contribution in [0.15, 0.2) is 41.8 Å². The molecule has 0 unspecified atom stereocenters. The van der Waals surface area contributed by atoms with Crippen LogP contribution in [0.2, 0.25) is 0 Å². The number of benzene rings is 1. The number of amides is 1. The molecule has 0 aliphatic carbocycles. The first-order valence-electron chi connectivity index (χ1n) is 8.74. The van der Waals surface area contributed by atoms with Gasteiger partial charge in [0.15, 0.2) is 0 Å². The van der Waals surface area contributed by atoms with Gasteiger partial charge in [-0.25, -0.2) is 13.1 Å². The Morgan fingerprint density at radius 1 is 1.16 bits per heavy atom. The van der Waals surface area contributed by atoms with Crippen molar-refractivity contribution < 1.29 is 13.2 Å². The molecule has 0 atom stereocenters. The fraction of sp³-hybridized carbons (Fsp3) is 0.500. The van der Waals surface area contributed by atoms with Crippen LogP contribution in [0.3, 0.4) is 0 Å². The Morgan fingerprint density at radius 3 is 2.48 bits per heavy atom. The lowest BCUT2D eigenvalue weighted by atomic mass is 10.1. The van der Waals surface area contributed by atoms with E-state index >= 15 is 0 Å². The summed E-state index contributed by atoms with van der Waals surface area (Å²) < 4.78 is 26.3. The third-order valence-corrected chi connectivity index (χ3v) is 5.67. The number of carbonyl (C=O) groups excluding carboxylic acids is 1. The van der Waals surface area contributed by atoms with Crippen molar-refractivity contribution in [3.8, 4) is 0 Å². The molecule has 0 saturated carbocycles. The summed E-state index contributed by atoms with van der Waals surface area (Å²) in [5.74, 6) is -0.179. The van der Waals surface area contributed by atoms with Crippen LogP contribution in [0.5, 0.6) is 0 Å². The van der Waals surface area contributed by atoms with Gasteiger partial charge in [-0.3, -0.25) is 4.79 Å². The normalized spacial score (nSPS) is 15.7. The standard InChI is InChI=1S/C18H27N3O3S/c1-2-11-20-25(23,24)17-9-7-16(8-10-17)18(22)19-12-6-15-21-13-4-3-5-14-21/h2,7-10,20H,1,3-6,11-15H2,(H,19,22). The van der Waals surface area contributed by atoms with Gasteiger partial charge in [0.25, 0.3) is 5.91 Å². The molecule has 6 nitrogen and oxygen atoms in total. The number of carbonyl (C=O) groups is 1. The number of piperidine rings is 1. The van der Waals surface area contributed by atoms with Gasteiger partial charge in [0, 0.05) is 18.7 Å². The first kappa shape index (κ1) is 19.6. The molecule has 25 heavy (non-hydrogen) atoms. The monoisotopic (exact) mass is 365 g/mol. The van der Waals surface area contributed by atoms with Crippen molar-refractivity contribution in [3.63, 3.8) is 0 Å². The summed E-state index contributed by atoms with van der Waals surface area (Å²) >= 11 is 0. The van der Waals surface area contributed by atoms with Gasteiger partial charge in [0.2, 0.25) is 10.0 Å². The third kappa shape index (κ3) is 6.26. The van der Waals surface area contributed by atoms with Gasteiger partial charge in [0.05, 0.1) is 4.90 Å². The maximum absolute atomic E-state index is 12.1. The molecule has 1 saturated heterocycles. The molecular weight excluding hydrogens is 338 g/mol. The zero-order valence-corrected chi connectivity index (χ0v) is 15.4. The van der Waals surface area contributed by atoms with Gasteiger partial charge < -0.3 is 10.2 Å². The molecule has 1 aliphatic heterocycles. The Hall–Kier alpha value is -1.70. The van der Waals surface area contributed by atoms with Crippen LogP contribution in [-0.2, 0) is 10.0 Å². The fourth-order valence-electron chi connectivity index (χ4n) is 2.83. The molecule has 7 heteroatoms. The van der Waals surface area contributed by atoms with Crippen LogP contribution in [0.1, 0.15) is 36.0 Å². The van der Waals surface area contributed by atoms with Crippen LogP contribution >= 0.6 is 0 Å². The molecular formula is C18H27N3O3S. The Labute approximate surface area is 150 Å². The van der Waals surface area contributed by atoms with Crippen molar-refractivity contribution in [2.75, 3.05) is 32.7 Å². The SMILES string of the molecule is C=CCNS(=O)(=O)c1ccc(C(=O)NCCCN2CCCCC2)cc1. The van der Waals surface area contributed by atoms with Gasteiger partial charge in [-0.05, 0) is 63.2 Å². The minimum Gasteiger partial charge on any atom is -0.352 e. The predicted molar refractivity (Wildman–Crippen MR) is 99.1 cm³/mol. The molecule has 0 bridgehead atoms. The maximum Gasteiger partial charge on any atom is 0.251 e. The Bertz CT molecular complexity index is 665. The number of hydrogen-bond donors (Lipinski definition) is 2. The highest BCUT2D eigenvalue weighted by Gasteiger charge is 2.14. The van der Waals surface area contributed by atoms with Crippen molar-refractivity contribution in [2.45, 2.75) is 30.6 Å². The van der Waals surface area contributed by atoms with E-state index in [1.54, 1.807) is 0 Å². The Balaban J connectivity index is 1.78. The fourth-order valence-corrected chi connectivity index (χ4v) is 3.83. The van der Waals surface area contributed by atoms with E-state index in [0.29, 0.717) is 12.1 Å². The summed E-state index contributed by atoms with van der Waals surface area (Å²) in [6, 6.07) is 5.94. The molecule has 2 N–H and O–H groups in total. The molecule has 138 valence electrons. The van der Waals surface area contributed by atoms with E-state index < -0.39 is 10.0 Å². The number of rotatable bonds is 9. The van der Waals surface area contributed by atoms with Crippen molar-refractivity contribution in [1.82, 2.24) is 14.9 Å². The quantitative estimate of drug-likeness (QED) is 0.516. The van der Waals surface area contributed by atoms with E-state index in [0.717, 1.165) is 26.1 Å². The lowest BCUT2D eigenvalue weighted by Gasteiger charge is -2.26. The number of nitrogens with zero attached hydrogens (tertiary/aromatic N) is 1. The molecule has 1 amide bonds. The highest BCUT2D eigenvalue weighted by atomic mass is 32.2. The van der Waals surface area contributed by atoms with Crippen LogP contribution in [0, 0.1) is 0 Å². The van der Waals surface area contributed by atoms with Gasteiger partial charge in [-0.15, -0.1) is 6.58 Å². The first-order chi connectivity index (χ1) is 12.0. The number of nitrogens with one attached hydrogen (secondary N) is 2. The molecule has 0 radical (unpaired) electrons. The molecule has 1 heterocycles. The molecule has 1 aromatic carbocycles. The van der Waals surface area contributed by atoms with E-state index in [1.165, 1.54) is 49.6 Å². The van der Waals surface area contributed by atoms with E-state index in [9.17, 15) is 13.2 Å². The van der Waals surface area contributed by atoms with Crippen molar-refractivity contribution in [2.24, 2.45) is 0 Å². The molecule has 2 rings (SSSR count). The summed E-state index contributed by atoms with van der Waals surface area (Å²) in [7, 11) is -3.56. The van der Waals surface area contributed by atoms with Crippen molar-refractivity contribution in [1.29, 1.82) is 0 Å². The van der Waals surface area contributed by atoms with Gasteiger partial charge >= 0.3 is 0 Å². The van der Waals surface area contributed by atoms with E-state index in [2.05, 4.69) is 21.5 Å². The van der Waals surface area contributed by atoms with E-state index in [1.807, 2.05) is 0 Å². The van der Waals surface area contributed by atoms with Crippen molar-refractivity contribution >= 4 is 15.9 Å². The second-order valence-electron chi connectivity index (χ2n) is 6.18. The average molecular weight is 365 g/mol. The number of likely N-dealkylation sites (tertiary alicyclic amines) is 1. The summed E-state index contributed by atoms with van der Waals surface area (Å²) in [6.07, 6.45) is 6.25. The van der Waals surface area contributed by atoms with Gasteiger partial charge in [0.1, 0.15) is 0 Å². The molecule has 0 aromatic heterocycles. The lowest BCUT2D eigenvalue weighted by molar-refractivity contribution is 0.0951. The Kier molecular flexibility index (Phi) is 7.61.